The minimum absolute atomic E-state index is 0.0216. The summed E-state index contributed by atoms with van der Waals surface area (Å²) in [6, 6.07) is 6.91. The molecular weight excluding hydrogens is 494 g/mol. The average Bonchev–Trinajstić information content (AvgIpc) is 3.07. The lowest BCUT2D eigenvalue weighted by Gasteiger charge is -2.45. The molecule has 1 aliphatic carbocycles. The van der Waals surface area contributed by atoms with Gasteiger partial charge in [0.2, 0.25) is 0 Å². The first-order valence-corrected chi connectivity index (χ1v) is 16.2. The molecule has 0 unspecified atom stereocenters. The van der Waals surface area contributed by atoms with Crippen molar-refractivity contribution in [1.29, 1.82) is 0 Å². The van der Waals surface area contributed by atoms with E-state index >= 15 is 0 Å². The highest BCUT2D eigenvalue weighted by Gasteiger charge is 2.48. The molecule has 174 valence electrons. The molecule has 0 aromatic heterocycles. The van der Waals surface area contributed by atoms with Gasteiger partial charge in [-0.25, -0.2) is 8.42 Å². The third-order valence-electron chi connectivity index (χ3n) is 7.03. The van der Waals surface area contributed by atoms with Crippen LogP contribution in [0.5, 0.6) is 0 Å². The van der Waals surface area contributed by atoms with Crippen LogP contribution < -0.4 is 0 Å². The normalized spacial score (nSPS) is 22.8. The standard InChI is InChI=1S/C23H36BrNO4SSi/c1-17-9-11-19(12-10-17)30(27,28)25-16-18(29-31(5,6)22(2,3)4)15-20(24)21(25)23(26)13-7-8-14-23/h9-12,18,26H,7-8,13-16H2,1-6H3/t18-/m0/s1. The smallest absolute Gasteiger partial charge is 0.264 e. The number of aryl methyl sites for hydroxylation is 1. The summed E-state index contributed by atoms with van der Waals surface area (Å²) in [5, 5.41) is 11.5. The molecule has 0 bridgehead atoms. The molecule has 1 N–H and O–H groups in total. The first-order valence-electron chi connectivity index (χ1n) is 11.1. The molecule has 0 amide bonds. The predicted molar refractivity (Wildman–Crippen MR) is 131 cm³/mol. The molecule has 0 saturated heterocycles. The van der Waals surface area contributed by atoms with Crippen molar-refractivity contribution in [3.63, 3.8) is 0 Å². The third-order valence-corrected chi connectivity index (χ3v) is 14.0. The Morgan fingerprint density at radius 2 is 1.71 bits per heavy atom. The molecule has 1 aromatic carbocycles. The number of nitrogens with zero attached hydrogens (tertiary/aromatic N) is 1. The Labute approximate surface area is 197 Å². The largest absolute Gasteiger partial charge is 0.412 e. The van der Waals surface area contributed by atoms with Gasteiger partial charge < -0.3 is 9.53 Å². The fourth-order valence-electron chi connectivity index (χ4n) is 4.18. The van der Waals surface area contributed by atoms with Gasteiger partial charge in [-0.15, -0.1) is 0 Å². The van der Waals surface area contributed by atoms with Crippen molar-refractivity contribution in [2.75, 3.05) is 6.54 Å². The van der Waals surface area contributed by atoms with Gasteiger partial charge in [0.15, 0.2) is 8.32 Å². The summed E-state index contributed by atoms with van der Waals surface area (Å²) >= 11 is 3.66. The zero-order chi connectivity index (χ0) is 23.2. The fourth-order valence-corrected chi connectivity index (χ4v) is 8.21. The molecule has 3 rings (SSSR count). The van der Waals surface area contributed by atoms with Crippen LogP contribution in [0.3, 0.4) is 0 Å². The van der Waals surface area contributed by atoms with E-state index in [-0.39, 0.29) is 22.6 Å². The average molecular weight is 531 g/mol. The Balaban J connectivity index is 2.05. The van der Waals surface area contributed by atoms with Gasteiger partial charge in [0.25, 0.3) is 10.0 Å². The zero-order valence-electron chi connectivity index (χ0n) is 19.5. The van der Waals surface area contributed by atoms with Crippen LogP contribution in [-0.2, 0) is 14.4 Å². The Morgan fingerprint density at radius 3 is 2.23 bits per heavy atom. The fraction of sp³-hybridized carbons (Fsp3) is 0.652. The van der Waals surface area contributed by atoms with E-state index < -0.39 is 23.9 Å². The van der Waals surface area contributed by atoms with Crippen molar-refractivity contribution in [2.45, 2.75) is 94.5 Å². The number of hydrogen-bond acceptors (Lipinski definition) is 4. The highest BCUT2D eigenvalue weighted by Crippen LogP contribution is 2.46. The molecule has 31 heavy (non-hydrogen) atoms. The van der Waals surface area contributed by atoms with Crippen LogP contribution in [0.15, 0.2) is 39.3 Å². The maximum atomic E-state index is 13.8. The van der Waals surface area contributed by atoms with Gasteiger partial charge in [0.1, 0.15) is 5.60 Å². The van der Waals surface area contributed by atoms with Gasteiger partial charge in [-0.1, -0.05) is 67.2 Å². The van der Waals surface area contributed by atoms with Crippen LogP contribution in [0.1, 0.15) is 58.4 Å². The lowest BCUT2D eigenvalue weighted by Crippen LogP contribution is -2.52. The summed E-state index contributed by atoms with van der Waals surface area (Å²) in [4.78, 5) is 0.241. The minimum Gasteiger partial charge on any atom is -0.412 e. The summed E-state index contributed by atoms with van der Waals surface area (Å²) in [7, 11) is -5.94. The van der Waals surface area contributed by atoms with E-state index in [0.717, 1.165) is 22.9 Å². The van der Waals surface area contributed by atoms with Crippen molar-refractivity contribution < 1.29 is 18.0 Å². The zero-order valence-corrected chi connectivity index (χ0v) is 22.9. The Morgan fingerprint density at radius 1 is 1.16 bits per heavy atom. The van der Waals surface area contributed by atoms with Crippen LogP contribution in [0.2, 0.25) is 18.1 Å². The Kier molecular flexibility index (Phi) is 6.92. The van der Waals surface area contributed by atoms with E-state index in [4.69, 9.17) is 4.43 Å². The second-order valence-corrected chi connectivity index (χ2v) is 18.1. The van der Waals surface area contributed by atoms with Crippen molar-refractivity contribution in [1.82, 2.24) is 4.31 Å². The molecule has 8 heteroatoms. The quantitative estimate of drug-likeness (QED) is 0.497. The van der Waals surface area contributed by atoms with Crippen molar-refractivity contribution in [3.8, 4) is 0 Å². The molecule has 0 radical (unpaired) electrons. The highest BCUT2D eigenvalue weighted by atomic mass is 79.9. The molecular formula is C23H36BrNO4SSi. The van der Waals surface area contributed by atoms with E-state index in [0.29, 0.717) is 25.0 Å². The SMILES string of the molecule is Cc1ccc(S(=O)(=O)N2C[C@@H](O[Si](C)(C)C(C)(C)C)CC(Br)=C2C2(O)CCCC2)cc1. The summed E-state index contributed by atoms with van der Waals surface area (Å²) in [6.45, 7) is 13.1. The van der Waals surface area contributed by atoms with E-state index in [9.17, 15) is 13.5 Å². The molecule has 1 aliphatic heterocycles. The monoisotopic (exact) mass is 529 g/mol. The van der Waals surface area contributed by atoms with E-state index in [1.54, 1.807) is 12.1 Å². The molecule has 2 aliphatic rings. The topological polar surface area (TPSA) is 66.8 Å². The molecule has 1 fully saturated rings. The molecule has 1 aromatic rings. The lowest BCUT2D eigenvalue weighted by molar-refractivity contribution is 0.0515. The van der Waals surface area contributed by atoms with Crippen LogP contribution in [-0.4, -0.2) is 44.4 Å². The summed E-state index contributed by atoms with van der Waals surface area (Å²) in [5.41, 5.74) is 0.377. The number of hydrogen-bond donors (Lipinski definition) is 1. The van der Waals surface area contributed by atoms with Gasteiger partial charge in [0, 0.05) is 10.9 Å². The van der Waals surface area contributed by atoms with Crippen molar-refractivity contribution in [2.24, 2.45) is 0 Å². The van der Waals surface area contributed by atoms with E-state index in [1.165, 1.54) is 4.31 Å². The van der Waals surface area contributed by atoms with Gasteiger partial charge in [-0.2, -0.15) is 0 Å². The maximum absolute atomic E-state index is 13.8. The van der Waals surface area contributed by atoms with Crippen LogP contribution in [0, 0.1) is 6.92 Å². The Bertz CT molecular complexity index is 945. The minimum atomic E-state index is -3.84. The second-order valence-electron chi connectivity index (χ2n) is 10.5. The van der Waals surface area contributed by atoms with Gasteiger partial charge in [0.05, 0.1) is 23.2 Å². The number of halogens is 1. The van der Waals surface area contributed by atoms with Gasteiger partial charge >= 0.3 is 0 Å². The molecule has 5 nitrogen and oxygen atoms in total. The van der Waals surface area contributed by atoms with Crippen molar-refractivity contribution >= 4 is 34.3 Å². The van der Waals surface area contributed by atoms with Crippen LogP contribution >= 0.6 is 15.9 Å². The summed E-state index contributed by atoms with van der Waals surface area (Å²) in [5.74, 6) is 0. The number of benzene rings is 1. The first-order chi connectivity index (χ1) is 14.2. The Hall–Kier alpha value is -0.673. The summed E-state index contributed by atoms with van der Waals surface area (Å²) in [6.07, 6.45) is 3.25. The lowest BCUT2D eigenvalue weighted by atomic mass is 9.94. The van der Waals surface area contributed by atoms with Crippen LogP contribution in [0.4, 0.5) is 0 Å². The molecule has 1 atom stereocenters. The predicted octanol–water partition coefficient (Wildman–Crippen LogP) is 5.69. The third kappa shape index (κ3) is 4.98. The van der Waals surface area contributed by atoms with Gasteiger partial charge in [-0.05, 0) is 50.0 Å². The van der Waals surface area contributed by atoms with E-state index in [2.05, 4.69) is 49.8 Å². The van der Waals surface area contributed by atoms with Crippen molar-refractivity contribution in [3.05, 3.63) is 40.0 Å². The number of rotatable bonds is 5. The first kappa shape index (κ1) is 25.0. The summed E-state index contributed by atoms with van der Waals surface area (Å²) < 4.78 is 36.3. The molecule has 1 saturated carbocycles. The maximum Gasteiger partial charge on any atom is 0.264 e. The number of sulfonamides is 1. The molecule has 1 heterocycles. The molecule has 0 spiro atoms. The number of aliphatic hydroxyl groups is 1. The van der Waals surface area contributed by atoms with Crippen LogP contribution in [0.25, 0.3) is 0 Å². The van der Waals surface area contributed by atoms with Gasteiger partial charge in [-0.3, -0.25) is 4.31 Å². The highest BCUT2D eigenvalue weighted by molar-refractivity contribution is 9.11. The second kappa shape index (κ2) is 8.59. The van der Waals surface area contributed by atoms with E-state index in [1.807, 2.05) is 19.1 Å².